The molecule has 0 aliphatic heterocycles. The van der Waals surface area contributed by atoms with Crippen molar-refractivity contribution in [2.75, 3.05) is 47.5 Å². The summed E-state index contributed by atoms with van der Waals surface area (Å²) in [5.74, 6) is -0.817. The van der Waals surface area contributed by atoms with Crippen molar-refractivity contribution in [2.45, 2.75) is 277 Å². The third kappa shape index (κ3) is 50.2. The van der Waals surface area contributed by atoms with E-state index in [0.29, 0.717) is 17.4 Å². The smallest absolute Gasteiger partial charge is 0.306 e. The van der Waals surface area contributed by atoms with Gasteiger partial charge in [-0.2, -0.15) is 0 Å². The number of phosphoric ester groups is 1. The number of rotatable bonds is 51. The summed E-state index contributed by atoms with van der Waals surface area (Å²) >= 11 is 0. The summed E-state index contributed by atoms with van der Waals surface area (Å²) in [7, 11) is 1.18. The Morgan fingerprint density at radius 1 is 0.469 bits per heavy atom. The van der Waals surface area contributed by atoms with Crippen LogP contribution in [0.15, 0.2) is 12.2 Å². The lowest BCUT2D eigenvalue weighted by molar-refractivity contribution is -0.870. The molecule has 2 unspecified atom stereocenters. The van der Waals surface area contributed by atoms with Gasteiger partial charge in [0.15, 0.2) is 6.10 Å². The molecule has 64 heavy (non-hydrogen) atoms. The van der Waals surface area contributed by atoms with Crippen LogP contribution in [0.25, 0.3) is 0 Å². The number of phosphoric acid groups is 1. The Labute approximate surface area is 396 Å². The van der Waals surface area contributed by atoms with Gasteiger partial charge in [0.1, 0.15) is 19.8 Å². The van der Waals surface area contributed by atoms with Crippen LogP contribution in [-0.4, -0.2) is 70.0 Å². The molecule has 0 aliphatic carbocycles. The van der Waals surface area contributed by atoms with E-state index in [-0.39, 0.29) is 32.0 Å². The first-order valence-electron chi connectivity index (χ1n) is 27.4. The molecule has 0 aromatic carbocycles. The van der Waals surface area contributed by atoms with Crippen LogP contribution in [0.4, 0.5) is 0 Å². The first kappa shape index (κ1) is 62.8. The van der Waals surface area contributed by atoms with E-state index in [9.17, 15) is 19.0 Å². The number of hydrogen-bond donors (Lipinski definition) is 0. The molecule has 380 valence electrons. The summed E-state index contributed by atoms with van der Waals surface area (Å²) in [5.41, 5.74) is 0. The molecule has 0 N–H and O–H groups in total. The zero-order chi connectivity index (χ0) is 47.1. The van der Waals surface area contributed by atoms with Crippen molar-refractivity contribution < 1.29 is 42.1 Å². The number of unbranched alkanes of at least 4 members (excludes halogenated alkanes) is 35. The second-order valence-electron chi connectivity index (χ2n) is 20.0. The zero-order valence-corrected chi connectivity index (χ0v) is 43.9. The Kier molecular flexibility index (Phi) is 45.9. The van der Waals surface area contributed by atoms with Crippen molar-refractivity contribution >= 4 is 19.8 Å². The number of ether oxygens (including phenoxy) is 2. The Morgan fingerprint density at radius 2 is 0.797 bits per heavy atom. The van der Waals surface area contributed by atoms with E-state index in [4.69, 9.17) is 18.5 Å². The monoisotopic (exact) mass is 928 g/mol. The zero-order valence-electron chi connectivity index (χ0n) is 43.0. The minimum Gasteiger partial charge on any atom is -0.756 e. The van der Waals surface area contributed by atoms with Crippen LogP contribution in [0.5, 0.6) is 0 Å². The van der Waals surface area contributed by atoms with Crippen molar-refractivity contribution in [3.8, 4) is 0 Å². The van der Waals surface area contributed by atoms with Gasteiger partial charge in [0, 0.05) is 12.8 Å². The van der Waals surface area contributed by atoms with Gasteiger partial charge in [0.25, 0.3) is 7.82 Å². The summed E-state index contributed by atoms with van der Waals surface area (Å²) in [5, 5.41) is 0. The van der Waals surface area contributed by atoms with E-state index in [1.807, 2.05) is 21.1 Å². The van der Waals surface area contributed by atoms with Crippen LogP contribution in [0, 0.1) is 0 Å². The standard InChI is InChI=1S/C54H106NO8P/c1-6-8-10-12-14-16-18-20-22-24-25-26-27-28-29-31-33-35-37-39-41-43-45-47-54(57)63-52(51-62-64(58,59)61-49-48-55(3,4)5)50-60-53(56)46-44-42-40-38-36-34-32-30-23-21-19-17-15-13-11-9-7-2/h24-25,52H,6-23,26-51H2,1-5H3/b25-24-. The Morgan fingerprint density at radius 3 is 1.16 bits per heavy atom. The summed E-state index contributed by atoms with van der Waals surface area (Å²) in [6.07, 6.45) is 52.4. The molecule has 0 rings (SSSR count). The van der Waals surface area contributed by atoms with Gasteiger partial charge in [-0.05, 0) is 38.5 Å². The highest BCUT2D eigenvalue weighted by molar-refractivity contribution is 7.45. The number of nitrogens with zero attached hydrogens (tertiary/aromatic N) is 1. The summed E-state index contributed by atoms with van der Waals surface area (Å²) in [6.45, 7) is 4.29. The molecule has 0 saturated carbocycles. The van der Waals surface area contributed by atoms with Gasteiger partial charge >= 0.3 is 11.9 Å². The van der Waals surface area contributed by atoms with Crippen LogP contribution in [-0.2, 0) is 32.7 Å². The van der Waals surface area contributed by atoms with Gasteiger partial charge < -0.3 is 27.9 Å². The van der Waals surface area contributed by atoms with Gasteiger partial charge in [-0.3, -0.25) is 14.2 Å². The minimum absolute atomic E-state index is 0.0272. The molecule has 9 nitrogen and oxygen atoms in total. The van der Waals surface area contributed by atoms with Crippen LogP contribution >= 0.6 is 7.82 Å². The predicted octanol–water partition coefficient (Wildman–Crippen LogP) is 15.8. The van der Waals surface area contributed by atoms with Gasteiger partial charge in [0.05, 0.1) is 27.7 Å². The second kappa shape index (κ2) is 46.8. The topological polar surface area (TPSA) is 111 Å². The van der Waals surface area contributed by atoms with E-state index >= 15 is 0 Å². The molecule has 10 heteroatoms. The molecule has 0 saturated heterocycles. The van der Waals surface area contributed by atoms with Crippen LogP contribution in [0.1, 0.15) is 271 Å². The maximum atomic E-state index is 12.8. The average molecular weight is 928 g/mol. The van der Waals surface area contributed by atoms with E-state index in [0.717, 1.165) is 38.5 Å². The number of likely N-dealkylation sites (N-methyl/N-ethyl adjacent to an activating group) is 1. The molecule has 0 aromatic rings. The minimum atomic E-state index is -4.63. The molecule has 0 amide bonds. The van der Waals surface area contributed by atoms with Crippen molar-refractivity contribution in [2.24, 2.45) is 0 Å². The molecule has 0 bridgehead atoms. The molecule has 2 atom stereocenters. The third-order valence-corrected chi connectivity index (χ3v) is 13.2. The predicted molar refractivity (Wildman–Crippen MR) is 268 cm³/mol. The molecular weight excluding hydrogens is 822 g/mol. The number of allylic oxidation sites excluding steroid dienone is 2. The first-order valence-corrected chi connectivity index (χ1v) is 28.9. The van der Waals surface area contributed by atoms with Gasteiger partial charge in [-0.1, -0.05) is 231 Å². The van der Waals surface area contributed by atoms with Crippen molar-refractivity contribution in [3.05, 3.63) is 12.2 Å². The van der Waals surface area contributed by atoms with Crippen LogP contribution in [0.2, 0.25) is 0 Å². The number of carbonyl (C=O) groups excluding carboxylic acids is 2. The Bertz CT molecular complexity index is 1100. The quantitative estimate of drug-likeness (QED) is 0.0195. The summed E-state index contributed by atoms with van der Waals surface area (Å²) < 4.78 is 34.1. The Hall–Kier alpha value is -1.25. The van der Waals surface area contributed by atoms with Crippen LogP contribution in [0.3, 0.4) is 0 Å². The second-order valence-corrected chi connectivity index (χ2v) is 21.4. The van der Waals surface area contributed by atoms with Gasteiger partial charge in [0.2, 0.25) is 0 Å². The van der Waals surface area contributed by atoms with E-state index < -0.39 is 26.5 Å². The molecule has 0 spiro atoms. The molecular formula is C54H106NO8P. The molecule has 0 fully saturated rings. The SMILES string of the molecule is CCCCCCCCCC/C=C\CCCCCCCCCCCCCC(=O)OC(COC(=O)CCCCCCCCCCCCCCCCCCC)COP(=O)([O-])OCC[N+](C)(C)C. The van der Waals surface area contributed by atoms with E-state index in [1.165, 1.54) is 199 Å². The first-order chi connectivity index (χ1) is 31.0. The number of hydrogen-bond acceptors (Lipinski definition) is 8. The molecule has 0 aliphatic rings. The molecule has 0 heterocycles. The number of quaternary nitrogens is 1. The lowest BCUT2D eigenvalue weighted by Gasteiger charge is -2.28. The van der Waals surface area contributed by atoms with E-state index in [1.54, 1.807) is 0 Å². The fourth-order valence-corrected chi connectivity index (χ4v) is 8.73. The highest BCUT2D eigenvalue weighted by Gasteiger charge is 2.21. The van der Waals surface area contributed by atoms with E-state index in [2.05, 4.69) is 26.0 Å². The van der Waals surface area contributed by atoms with Crippen molar-refractivity contribution in [1.29, 1.82) is 0 Å². The lowest BCUT2D eigenvalue weighted by Crippen LogP contribution is -2.37. The summed E-state index contributed by atoms with van der Waals surface area (Å²) in [4.78, 5) is 37.8. The number of carbonyl (C=O) groups is 2. The number of esters is 2. The fourth-order valence-electron chi connectivity index (χ4n) is 8.01. The highest BCUT2D eigenvalue weighted by Crippen LogP contribution is 2.38. The van der Waals surface area contributed by atoms with Crippen molar-refractivity contribution in [3.63, 3.8) is 0 Å². The van der Waals surface area contributed by atoms with Gasteiger partial charge in [-0.25, -0.2) is 0 Å². The maximum absolute atomic E-state index is 12.8. The molecule has 0 aromatic heterocycles. The largest absolute Gasteiger partial charge is 0.756 e. The average Bonchev–Trinajstić information content (AvgIpc) is 3.25. The van der Waals surface area contributed by atoms with Crippen molar-refractivity contribution in [1.82, 2.24) is 0 Å². The summed E-state index contributed by atoms with van der Waals surface area (Å²) in [6, 6.07) is 0. The normalized spacial score (nSPS) is 13.4. The fraction of sp³-hybridized carbons (Fsp3) is 0.926. The third-order valence-electron chi connectivity index (χ3n) is 12.3. The lowest BCUT2D eigenvalue weighted by atomic mass is 10.0. The molecule has 0 radical (unpaired) electrons. The maximum Gasteiger partial charge on any atom is 0.306 e. The van der Waals surface area contributed by atoms with Crippen LogP contribution < -0.4 is 4.89 Å². The Balaban J connectivity index is 4.16. The highest BCUT2D eigenvalue weighted by atomic mass is 31.2. The van der Waals surface area contributed by atoms with Gasteiger partial charge in [-0.15, -0.1) is 0 Å².